The maximum Gasteiger partial charge on any atom is 0.161 e. The summed E-state index contributed by atoms with van der Waals surface area (Å²) < 4.78 is 14.1. The lowest BCUT2D eigenvalue weighted by Crippen LogP contribution is -2.02. The van der Waals surface area contributed by atoms with Crippen LogP contribution in [0.25, 0.3) is 11.4 Å². The van der Waals surface area contributed by atoms with Gasteiger partial charge < -0.3 is 5.32 Å². The first-order valence-corrected chi connectivity index (χ1v) is 6.82. The van der Waals surface area contributed by atoms with Gasteiger partial charge in [0, 0.05) is 28.8 Å². The number of anilines is 1. The minimum atomic E-state index is -0.311. The molecule has 2 rings (SSSR count). The van der Waals surface area contributed by atoms with Gasteiger partial charge in [-0.3, -0.25) is 0 Å². The quantitative estimate of drug-likeness (QED) is 0.919. The van der Waals surface area contributed by atoms with Gasteiger partial charge in [0.25, 0.3) is 0 Å². The standard InChI is InChI=1S/C14H15BrFN3/c1-8(2)12-7-13(17-3)19-14(18-12)9-4-10(15)6-11(16)5-9/h4-8H,1-3H3,(H,17,18,19). The lowest BCUT2D eigenvalue weighted by Gasteiger charge is -2.10. The van der Waals surface area contributed by atoms with Gasteiger partial charge in [-0.15, -0.1) is 0 Å². The first kappa shape index (κ1) is 13.9. The van der Waals surface area contributed by atoms with E-state index in [0.29, 0.717) is 15.9 Å². The van der Waals surface area contributed by atoms with E-state index in [2.05, 4.69) is 45.1 Å². The Morgan fingerprint density at radius 1 is 1.16 bits per heavy atom. The average Bonchev–Trinajstić information content (AvgIpc) is 2.37. The summed E-state index contributed by atoms with van der Waals surface area (Å²) in [6.07, 6.45) is 0. The summed E-state index contributed by atoms with van der Waals surface area (Å²) >= 11 is 3.28. The number of nitrogens with zero attached hydrogens (tertiary/aromatic N) is 2. The third kappa shape index (κ3) is 3.29. The van der Waals surface area contributed by atoms with Gasteiger partial charge in [-0.1, -0.05) is 29.8 Å². The third-order valence-electron chi connectivity index (χ3n) is 2.71. The molecule has 3 nitrogen and oxygen atoms in total. The van der Waals surface area contributed by atoms with Gasteiger partial charge in [-0.25, -0.2) is 14.4 Å². The molecule has 0 radical (unpaired) electrons. The van der Waals surface area contributed by atoms with E-state index in [1.165, 1.54) is 12.1 Å². The van der Waals surface area contributed by atoms with Gasteiger partial charge in [0.15, 0.2) is 5.82 Å². The van der Waals surface area contributed by atoms with Gasteiger partial charge in [0.2, 0.25) is 0 Å². The fourth-order valence-electron chi connectivity index (χ4n) is 1.70. The van der Waals surface area contributed by atoms with E-state index < -0.39 is 0 Å². The zero-order chi connectivity index (χ0) is 14.0. The molecule has 0 aliphatic carbocycles. The monoisotopic (exact) mass is 323 g/mol. The van der Waals surface area contributed by atoms with Crippen molar-refractivity contribution in [1.82, 2.24) is 9.97 Å². The van der Waals surface area contributed by atoms with Crippen LogP contribution < -0.4 is 5.32 Å². The van der Waals surface area contributed by atoms with E-state index >= 15 is 0 Å². The summed E-state index contributed by atoms with van der Waals surface area (Å²) in [5.74, 6) is 1.23. The second-order valence-corrected chi connectivity index (χ2v) is 5.48. The van der Waals surface area contributed by atoms with Crippen LogP contribution >= 0.6 is 15.9 Å². The molecule has 0 aliphatic rings. The molecule has 0 saturated carbocycles. The van der Waals surface area contributed by atoms with Crippen LogP contribution in [0.3, 0.4) is 0 Å². The maximum atomic E-state index is 13.5. The lowest BCUT2D eigenvalue weighted by atomic mass is 10.1. The van der Waals surface area contributed by atoms with Crippen molar-refractivity contribution in [2.24, 2.45) is 0 Å². The predicted molar refractivity (Wildman–Crippen MR) is 78.8 cm³/mol. The van der Waals surface area contributed by atoms with Crippen molar-refractivity contribution in [2.45, 2.75) is 19.8 Å². The van der Waals surface area contributed by atoms with Crippen LogP contribution in [0.5, 0.6) is 0 Å². The number of hydrogen-bond donors (Lipinski definition) is 1. The topological polar surface area (TPSA) is 37.8 Å². The number of aromatic nitrogens is 2. The van der Waals surface area contributed by atoms with Crippen LogP contribution in [0.2, 0.25) is 0 Å². The molecule has 0 aliphatic heterocycles. The van der Waals surface area contributed by atoms with Crippen molar-refractivity contribution in [1.29, 1.82) is 0 Å². The van der Waals surface area contributed by atoms with Gasteiger partial charge in [0.1, 0.15) is 11.6 Å². The molecule has 0 atom stereocenters. The van der Waals surface area contributed by atoms with Crippen LogP contribution in [0, 0.1) is 5.82 Å². The van der Waals surface area contributed by atoms with Gasteiger partial charge in [-0.05, 0) is 24.1 Å². The molecule has 0 fully saturated rings. The van der Waals surface area contributed by atoms with E-state index in [1.54, 1.807) is 7.05 Å². The van der Waals surface area contributed by atoms with Crippen molar-refractivity contribution < 1.29 is 4.39 Å². The molecular formula is C14H15BrFN3. The summed E-state index contributed by atoms with van der Waals surface area (Å²) in [4.78, 5) is 8.87. The molecule has 0 spiro atoms. The summed E-state index contributed by atoms with van der Waals surface area (Å²) in [6, 6.07) is 6.56. The molecule has 0 saturated heterocycles. The highest BCUT2D eigenvalue weighted by Gasteiger charge is 2.10. The zero-order valence-electron chi connectivity index (χ0n) is 11.0. The fraction of sp³-hybridized carbons (Fsp3) is 0.286. The summed E-state index contributed by atoms with van der Waals surface area (Å²) in [5.41, 5.74) is 1.58. The molecule has 19 heavy (non-hydrogen) atoms. The molecule has 2 aromatic rings. The number of benzene rings is 1. The Bertz CT molecular complexity index is 579. The van der Waals surface area contributed by atoms with Crippen molar-refractivity contribution >= 4 is 21.7 Å². The average molecular weight is 324 g/mol. The molecule has 100 valence electrons. The van der Waals surface area contributed by atoms with E-state index in [-0.39, 0.29) is 11.7 Å². The first-order chi connectivity index (χ1) is 8.99. The van der Waals surface area contributed by atoms with Crippen molar-refractivity contribution in [3.05, 3.63) is 40.2 Å². The van der Waals surface area contributed by atoms with E-state index in [4.69, 9.17) is 0 Å². The van der Waals surface area contributed by atoms with Crippen LogP contribution in [-0.2, 0) is 0 Å². The third-order valence-corrected chi connectivity index (χ3v) is 3.17. The largest absolute Gasteiger partial charge is 0.373 e. The molecule has 1 aromatic heterocycles. The summed E-state index contributed by atoms with van der Waals surface area (Å²) in [5, 5.41) is 3.01. The molecule has 1 N–H and O–H groups in total. The molecule has 0 bridgehead atoms. The molecule has 1 aromatic carbocycles. The van der Waals surface area contributed by atoms with E-state index in [0.717, 1.165) is 11.5 Å². The summed E-state index contributed by atoms with van der Waals surface area (Å²) in [6.45, 7) is 4.13. The summed E-state index contributed by atoms with van der Waals surface area (Å²) in [7, 11) is 1.80. The Morgan fingerprint density at radius 3 is 2.47 bits per heavy atom. The predicted octanol–water partition coefficient (Wildman–Crippen LogP) is 4.21. The van der Waals surface area contributed by atoms with E-state index in [1.807, 2.05) is 12.1 Å². The SMILES string of the molecule is CNc1cc(C(C)C)nc(-c2cc(F)cc(Br)c2)n1. The normalized spacial score (nSPS) is 10.8. The molecular weight excluding hydrogens is 309 g/mol. The highest BCUT2D eigenvalue weighted by molar-refractivity contribution is 9.10. The minimum Gasteiger partial charge on any atom is -0.373 e. The number of halogens is 2. The Kier molecular flexibility index (Phi) is 4.14. The highest BCUT2D eigenvalue weighted by atomic mass is 79.9. The van der Waals surface area contributed by atoms with Crippen molar-refractivity contribution in [3.8, 4) is 11.4 Å². The van der Waals surface area contributed by atoms with E-state index in [9.17, 15) is 4.39 Å². The Morgan fingerprint density at radius 2 is 1.89 bits per heavy atom. The van der Waals surface area contributed by atoms with Crippen LogP contribution in [0.4, 0.5) is 10.2 Å². The van der Waals surface area contributed by atoms with Crippen LogP contribution in [-0.4, -0.2) is 17.0 Å². The van der Waals surface area contributed by atoms with Crippen LogP contribution in [0.1, 0.15) is 25.5 Å². The lowest BCUT2D eigenvalue weighted by molar-refractivity contribution is 0.627. The zero-order valence-corrected chi connectivity index (χ0v) is 12.6. The highest BCUT2D eigenvalue weighted by Crippen LogP contribution is 2.25. The first-order valence-electron chi connectivity index (χ1n) is 6.03. The fourth-order valence-corrected chi connectivity index (χ4v) is 2.17. The van der Waals surface area contributed by atoms with Crippen LogP contribution in [0.15, 0.2) is 28.7 Å². The Labute approximate surface area is 120 Å². The second-order valence-electron chi connectivity index (χ2n) is 4.56. The maximum absolute atomic E-state index is 13.5. The Hall–Kier alpha value is -1.49. The number of rotatable bonds is 3. The van der Waals surface area contributed by atoms with Gasteiger partial charge in [-0.2, -0.15) is 0 Å². The van der Waals surface area contributed by atoms with Crippen molar-refractivity contribution in [3.63, 3.8) is 0 Å². The second kappa shape index (κ2) is 5.65. The minimum absolute atomic E-state index is 0.283. The molecule has 1 heterocycles. The number of hydrogen-bond acceptors (Lipinski definition) is 3. The van der Waals surface area contributed by atoms with Crippen molar-refractivity contribution in [2.75, 3.05) is 12.4 Å². The van der Waals surface area contributed by atoms with Gasteiger partial charge >= 0.3 is 0 Å². The Balaban J connectivity index is 2.57. The number of nitrogens with one attached hydrogen (secondary N) is 1. The molecule has 0 unspecified atom stereocenters. The van der Waals surface area contributed by atoms with Gasteiger partial charge in [0.05, 0.1) is 0 Å². The molecule has 0 amide bonds. The smallest absolute Gasteiger partial charge is 0.161 e. The molecule has 5 heteroatoms.